The van der Waals surface area contributed by atoms with E-state index < -0.39 is 0 Å². The van der Waals surface area contributed by atoms with E-state index >= 15 is 0 Å². The minimum Gasteiger partial charge on any atom is -0.374 e. The van der Waals surface area contributed by atoms with Crippen LogP contribution in [0.15, 0.2) is 71.9 Å². The Morgan fingerprint density at radius 2 is 1.79 bits per heavy atom. The first-order valence-corrected chi connectivity index (χ1v) is 10.2. The number of hydrogen-bond donors (Lipinski definition) is 2. The number of rotatable bonds is 9. The number of hydrogen-bond acceptors (Lipinski definition) is 3. The predicted molar refractivity (Wildman–Crippen MR) is 120 cm³/mol. The number of ether oxygens (including phenoxy) is 1. The molecule has 0 spiro atoms. The second-order valence-electron chi connectivity index (χ2n) is 6.95. The lowest BCUT2D eigenvalue weighted by Crippen LogP contribution is -2.39. The SMILES string of the molecule is CN=C(NCCCOC(C)c1ccccc1)NCCc1cccc2cccnc12. The number of para-hydroxylation sites is 1. The molecular weight excluding hydrogens is 360 g/mol. The van der Waals surface area contributed by atoms with Crippen LogP contribution in [0.25, 0.3) is 10.9 Å². The van der Waals surface area contributed by atoms with Gasteiger partial charge in [-0.25, -0.2) is 0 Å². The summed E-state index contributed by atoms with van der Waals surface area (Å²) in [6.07, 6.45) is 3.78. The van der Waals surface area contributed by atoms with E-state index in [2.05, 4.69) is 63.9 Å². The van der Waals surface area contributed by atoms with E-state index in [9.17, 15) is 0 Å². The van der Waals surface area contributed by atoms with Crippen LogP contribution in [0.5, 0.6) is 0 Å². The van der Waals surface area contributed by atoms with Crippen molar-refractivity contribution in [2.45, 2.75) is 25.9 Å². The summed E-state index contributed by atoms with van der Waals surface area (Å²) in [7, 11) is 1.79. The Bertz CT molecular complexity index is 906. The van der Waals surface area contributed by atoms with Gasteiger partial charge in [0.25, 0.3) is 0 Å². The summed E-state index contributed by atoms with van der Waals surface area (Å²) >= 11 is 0. The summed E-state index contributed by atoms with van der Waals surface area (Å²) in [5.41, 5.74) is 3.53. The molecule has 0 aliphatic carbocycles. The van der Waals surface area contributed by atoms with Gasteiger partial charge in [0.05, 0.1) is 11.6 Å². The van der Waals surface area contributed by atoms with Crippen molar-refractivity contribution in [3.05, 3.63) is 78.0 Å². The first kappa shape index (κ1) is 20.8. The Kier molecular flexibility index (Phi) is 8.01. The van der Waals surface area contributed by atoms with Crippen molar-refractivity contribution in [3.8, 4) is 0 Å². The number of guanidine groups is 1. The monoisotopic (exact) mass is 390 g/mol. The molecule has 0 aliphatic rings. The number of aromatic nitrogens is 1. The van der Waals surface area contributed by atoms with Gasteiger partial charge in [-0.1, -0.05) is 54.6 Å². The van der Waals surface area contributed by atoms with Gasteiger partial charge in [-0.05, 0) is 37.0 Å². The molecule has 29 heavy (non-hydrogen) atoms. The van der Waals surface area contributed by atoms with Gasteiger partial charge in [0.2, 0.25) is 0 Å². The summed E-state index contributed by atoms with van der Waals surface area (Å²) in [4.78, 5) is 8.82. The van der Waals surface area contributed by atoms with Crippen molar-refractivity contribution in [1.29, 1.82) is 0 Å². The molecule has 0 saturated heterocycles. The summed E-state index contributed by atoms with van der Waals surface area (Å²) in [6, 6.07) is 20.7. The van der Waals surface area contributed by atoms with Crippen LogP contribution in [-0.2, 0) is 11.2 Å². The number of aliphatic imine (C=N–C) groups is 1. The van der Waals surface area contributed by atoms with E-state index in [4.69, 9.17) is 4.74 Å². The maximum absolute atomic E-state index is 5.92. The molecule has 1 heterocycles. The van der Waals surface area contributed by atoms with Gasteiger partial charge in [0.1, 0.15) is 0 Å². The molecule has 0 amide bonds. The number of nitrogens with one attached hydrogen (secondary N) is 2. The molecule has 0 radical (unpaired) electrons. The quantitative estimate of drug-likeness (QED) is 0.328. The van der Waals surface area contributed by atoms with Crippen LogP contribution in [0.3, 0.4) is 0 Å². The first-order chi connectivity index (χ1) is 14.3. The van der Waals surface area contributed by atoms with Crippen LogP contribution in [-0.4, -0.2) is 37.7 Å². The number of pyridine rings is 1. The minimum atomic E-state index is 0.114. The fraction of sp³-hybridized carbons (Fsp3) is 0.333. The van der Waals surface area contributed by atoms with Crippen molar-refractivity contribution >= 4 is 16.9 Å². The Balaban J connectivity index is 1.35. The van der Waals surface area contributed by atoms with E-state index in [-0.39, 0.29) is 6.10 Å². The molecule has 152 valence electrons. The Hall–Kier alpha value is -2.92. The van der Waals surface area contributed by atoms with Gasteiger partial charge < -0.3 is 15.4 Å². The van der Waals surface area contributed by atoms with Crippen molar-refractivity contribution in [1.82, 2.24) is 15.6 Å². The third kappa shape index (κ3) is 6.29. The molecule has 2 N–H and O–H groups in total. The molecule has 1 aromatic heterocycles. The van der Waals surface area contributed by atoms with Gasteiger partial charge in [0.15, 0.2) is 5.96 Å². The highest BCUT2D eigenvalue weighted by atomic mass is 16.5. The molecule has 3 rings (SSSR count). The van der Waals surface area contributed by atoms with Crippen LogP contribution in [0.2, 0.25) is 0 Å². The fourth-order valence-electron chi connectivity index (χ4n) is 3.26. The third-order valence-corrected chi connectivity index (χ3v) is 4.88. The second-order valence-corrected chi connectivity index (χ2v) is 6.95. The lowest BCUT2D eigenvalue weighted by molar-refractivity contribution is 0.0646. The number of fused-ring (bicyclic) bond motifs is 1. The van der Waals surface area contributed by atoms with Gasteiger partial charge >= 0.3 is 0 Å². The highest BCUT2D eigenvalue weighted by Crippen LogP contribution is 2.16. The molecule has 0 bridgehead atoms. The Morgan fingerprint density at radius 3 is 2.62 bits per heavy atom. The van der Waals surface area contributed by atoms with Gasteiger partial charge in [0, 0.05) is 38.3 Å². The average molecular weight is 391 g/mol. The summed E-state index contributed by atoms with van der Waals surface area (Å²) in [5, 5.41) is 7.91. The lowest BCUT2D eigenvalue weighted by atomic mass is 10.1. The lowest BCUT2D eigenvalue weighted by Gasteiger charge is -2.15. The van der Waals surface area contributed by atoms with E-state index in [0.29, 0.717) is 6.61 Å². The zero-order valence-corrected chi connectivity index (χ0v) is 17.3. The standard InChI is InChI=1S/C24H30N4O/c1-19(20-9-4-3-5-10-20)29-18-8-16-27-24(25-2)28-17-14-22-12-6-11-21-13-7-15-26-23(21)22/h3-7,9-13,15,19H,8,14,16-18H2,1-2H3,(H2,25,27,28). The zero-order valence-electron chi connectivity index (χ0n) is 17.3. The van der Waals surface area contributed by atoms with Gasteiger partial charge in [-0.3, -0.25) is 9.98 Å². The average Bonchev–Trinajstić information content (AvgIpc) is 2.78. The maximum atomic E-state index is 5.92. The number of benzene rings is 2. The molecule has 1 unspecified atom stereocenters. The van der Waals surface area contributed by atoms with E-state index in [0.717, 1.165) is 37.4 Å². The smallest absolute Gasteiger partial charge is 0.190 e. The largest absolute Gasteiger partial charge is 0.374 e. The van der Waals surface area contributed by atoms with E-state index in [1.165, 1.54) is 16.5 Å². The van der Waals surface area contributed by atoms with E-state index in [1.54, 1.807) is 7.05 Å². The molecular formula is C24H30N4O. The normalized spacial score (nSPS) is 12.7. The van der Waals surface area contributed by atoms with Gasteiger partial charge in [-0.15, -0.1) is 0 Å². The molecule has 1 atom stereocenters. The Morgan fingerprint density at radius 1 is 1.00 bits per heavy atom. The maximum Gasteiger partial charge on any atom is 0.190 e. The third-order valence-electron chi connectivity index (χ3n) is 4.88. The highest BCUT2D eigenvalue weighted by Gasteiger charge is 2.05. The molecule has 0 aliphatic heterocycles. The van der Waals surface area contributed by atoms with Crippen molar-refractivity contribution in [2.24, 2.45) is 4.99 Å². The predicted octanol–water partition coefficient (Wildman–Crippen LogP) is 4.11. The minimum absolute atomic E-state index is 0.114. The first-order valence-electron chi connectivity index (χ1n) is 10.2. The van der Waals surface area contributed by atoms with E-state index in [1.807, 2.05) is 30.5 Å². The summed E-state index contributed by atoms with van der Waals surface area (Å²) < 4.78 is 5.92. The molecule has 3 aromatic rings. The zero-order chi connectivity index (χ0) is 20.3. The van der Waals surface area contributed by atoms with Gasteiger partial charge in [-0.2, -0.15) is 0 Å². The van der Waals surface area contributed by atoms with Crippen molar-refractivity contribution < 1.29 is 4.74 Å². The van der Waals surface area contributed by atoms with Crippen molar-refractivity contribution in [2.75, 3.05) is 26.7 Å². The van der Waals surface area contributed by atoms with Crippen LogP contribution in [0, 0.1) is 0 Å². The summed E-state index contributed by atoms with van der Waals surface area (Å²) in [6.45, 7) is 4.42. The second kappa shape index (κ2) is 11.2. The van der Waals surface area contributed by atoms with Crippen LogP contribution < -0.4 is 10.6 Å². The molecule has 0 saturated carbocycles. The molecule has 5 nitrogen and oxygen atoms in total. The van der Waals surface area contributed by atoms with Crippen molar-refractivity contribution in [3.63, 3.8) is 0 Å². The molecule has 2 aromatic carbocycles. The van der Waals surface area contributed by atoms with Crippen LogP contribution in [0.1, 0.15) is 30.6 Å². The molecule has 5 heteroatoms. The Labute approximate surface area is 173 Å². The summed E-state index contributed by atoms with van der Waals surface area (Å²) in [5.74, 6) is 0.814. The number of nitrogens with zero attached hydrogens (tertiary/aromatic N) is 2. The molecule has 0 fully saturated rings. The highest BCUT2D eigenvalue weighted by molar-refractivity contribution is 5.82. The fourth-order valence-corrected chi connectivity index (χ4v) is 3.26. The van der Waals surface area contributed by atoms with Crippen LogP contribution in [0.4, 0.5) is 0 Å². The topological polar surface area (TPSA) is 58.5 Å². The van der Waals surface area contributed by atoms with Crippen LogP contribution >= 0.6 is 0 Å².